The van der Waals surface area contributed by atoms with Gasteiger partial charge < -0.3 is 24.4 Å². The molecule has 2 aliphatic heterocycles. The Morgan fingerprint density at radius 3 is 2.44 bits per heavy atom. The monoisotopic (exact) mass is 437 g/mol. The van der Waals surface area contributed by atoms with Crippen molar-refractivity contribution in [1.29, 1.82) is 0 Å². The van der Waals surface area contributed by atoms with Crippen LogP contribution in [0.5, 0.6) is 11.5 Å². The Morgan fingerprint density at radius 1 is 1.09 bits per heavy atom. The molecule has 0 amide bonds. The summed E-state index contributed by atoms with van der Waals surface area (Å²) in [6.45, 7) is 6.38. The first kappa shape index (κ1) is 22.5. The number of fused-ring (bicyclic) bond motifs is 1. The second-order valence-corrected chi connectivity index (χ2v) is 8.76. The van der Waals surface area contributed by atoms with Gasteiger partial charge in [0.05, 0.1) is 14.2 Å². The van der Waals surface area contributed by atoms with E-state index in [0.717, 1.165) is 69.6 Å². The van der Waals surface area contributed by atoms with Gasteiger partial charge in [0.2, 0.25) is 0 Å². The maximum Gasteiger partial charge on any atom is 0.193 e. The van der Waals surface area contributed by atoms with Crippen molar-refractivity contribution in [2.45, 2.75) is 38.1 Å². The van der Waals surface area contributed by atoms with E-state index >= 15 is 0 Å². The Kier molecular flexibility index (Phi) is 6.89. The lowest BCUT2D eigenvalue weighted by Gasteiger charge is -2.40. The third kappa shape index (κ3) is 4.42. The van der Waals surface area contributed by atoms with Crippen molar-refractivity contribution in [1.82, 2.24) is 10.2 Å². The van der Waals surface area contributed by atoms with E-state index < -0.39 is 0 Å². The van der Waals surface area contributed by atoms with Crippen molar-refractivity contribution in [3.05, 3.63) is 58.7 Å². The second-order valence-electron chi connectivity index (χ2n) is 8.76. The van der Waals surface area contributed by atoms with Gasteiger partial charge in [-0.3, -0.25) is 4.99 Å². The summed E-state index contributed by atoms with van der Waals surface area (Å²) in [5.41, 5.74) is 5.40. The number of aliphatic imine (C=N–C) groups is 1. The lowest BCUT2D eigenvalue weighted by Crippen LogP contribution is -2.50. The van der Waals surface area contributed by atoms with Crippen molar-refractivity contribution in [3.8, 4) is 11.5 Å². The summed E-state index contributed by atoms with van der Waals surface area (Å²) in [7, 11) is 5.24. The van der Waals surface area contributed by atoms with Gasteiger partial charge in [-0.1, -0.05) is 24.3 Å². The highest BCUT2D eigenvalue weighted by Crippen LogP contribution is 2.37. The molecule has 32 heavy (non-hydrogen) atoms. The molecule has 2 heterocycles. The average molecular weight is 438 g/mol. The Bertz CT molecular complexity index is 967. The van der Waals surface area contributed by atoms with Crippen molar-refractivity contribution < 1.29 is 14.2 Å². The SMILES string of the molecule is CN=C(NCC1(c2ccccc2C)CCOCC1)N1CCc2cc(OC)c(OC)cc2C1. The van der Waals surface area contributed by atoms with Crippen LogP contribution in [0.25, 0.3) is 0 Å². The smallest absolute Gasteiger partial charge is 0.193 e. The molecule has 0 atom stereocenters. The van der Waals surface area contributed by atoms with Gasteiger partial charge in [-0.05, 0) is 60.6 Å². The Balaban J connectivity index is 1.52. The molecule has 0 aliphatic carbocycles. The van der Waals surface area contributed by atoms with Crippen LogP contribution in [0.2, 0.25) is 0 Å². The largest absolute Gasteiger partial charge is 0.493 e. The fraction of sp³-hybridized carbons (Fsp3) is 0.500. The zero-order valence-electron chi connectivity index (χ0n) is 19.7. The van der Waals surface area contributed by atoms with Crippen molar-refractivity contribution in [2.24, 2.45) is 4.99 Å². The van der Waals surface area contributed by atoms with Gasteiger partial charge in [-0.15, -0.1) is 0 Å². The fourth-order valence-electron chi connectivity index (χ4n) is 5.12. The van der Waals surface area contributed by atoms with E-state index in [9.17, 15) is 0 Å². The summed E-state index contributed by atoms with van der Waals surface area (Å²) in [5.74, 6) is 2.52. The van der Waals surface area contributed by atoms with E-state index in [2.05, 4.69) is 58.5 Å². The van der Waals surface area contributed by atoms with Crippen LogP contribution in [0.1, 0.15) is 35.1 Å². The summed E-state index contributed by atoms with van der Waals surface area (Å²) >= 11 is 0. The molecular formula is C26H35N3O3. The van der Waals surface area contributed by atoms with Crippen LogP contribution < -0.4 is 14.8 Å². The highest BCUT2D eigenvalue weighted by molar-refractivity contribution is 5.80. The first-order valence-corrected chi connectivity index (χ1v) is 11.4. The molecule has 2 aliphatic rings. The highest BCUT2D eigenvalue weighted by atomic mass is 16.5. The molecule has 172 valence electrons. The minimum Gasteiger partial charge on any atom is -0.493 e. The van der Waals surface area contributed by atoms with Crippen LogP contribution >= 0.6 is 0 Å². The van der Waals surface area contributed by atoms with E-state index in [1.165, 1.54) is 22.3 Å². The molecule has 2 aromatic rings. The van der Waals surface area contributed by atoms with Gasteiger partial charge in [0, 0.05) is 45.3 Å². The van der Waals surface area contributed by atoms with Crippen LogP contribution in [-0.2, 0) is 23.1 Å². The lowest BCUT2D eigenvalue weighted by atomic mass is 9.72. The molecule has 0 radical (unpaired) electrons. The molecule has 0 spiro atoms. The van der Waals surface area contributed by atoms with Gasteiger partial charge in [0.1, 0.15) is 0 Å². The Labute approximate surface area is 191 Å². The fourth-order valence-corrected chi connectivity index (χ4v) is 5.12. The van der Waals surface area contributed by atoms with Crippen molar-refractivity contribution in [3.63, 3.8) is 0 Å². The van der Waals surface area contributed by atoms with Gasteiger partial charge in [-0.2, -0.15) is 0 Å². The molecule has 1 N–H and O–H groups in total. The normalized spacial score (nSPS) is 18.1. The van der Waals surface area contributed by atoms with Gasteiger partial charge in [0.25, 0.3) is 0 Å². The van der Waals surface area contributed by atoms with Crippen molar-refractivity contribution >= 4 is 5.96 Å². The standard InChI is InChI=1S/C26H35N3O3/c1-19-7-5-6-8-22(19)26(10-13-32-14-11-26)18-28-25(27-2)29-12-9-20-15-23(30-3)24(31-4)16-21(20)17-29/h5-8,15-16H,9-14,17-18H2,1-4H3,(H,27,28). The maximum atomic E-state index is 5.72. The Hall–Kier alpha value is -2.73. The highest BCUT2D eigenvalue weighted by Gasteiger charge is 2.36. The van der Waals surface area contributed by atoms with Crippen LogP contribution in [0.4, 0.5) is 0 Å². The molecule has 0 saturated carbocycles. The number of nitrogens with one attached hydrogen (secondary N) is 1. The molecular weight excluding hydrogens is 402 g/mol. The molecule has 2 aromatic carbocycles. The number of nitrogens with zero attached hydrogens (tertiary/aromatic N) is 2. The second kappa shape index (κ2) is 9.82. The van der Waals surface area contributed by atoms with E-state index in [4.69, 9.17) is 14.2 Å². The minimum absolute atomic E-state index is 0.0593. The summed E-state index contributed by atoms with van der Waals surface area (Å²) in [6, 6.07) is 13.0. The van der Waals surface area contributed by atoms with Crippen molar-refractivity contribution in [2.75, 3.05) is 47.6 Å². The van der Waals surface area contributed by atoms with Gasteiger partial charge in [0.15, 0.2) is 17.5 Å². The van der Waals surface area contributed by atoms with E-state index in [1.807, 2.05) is 7.05 Å². The molecule has 0 aromatic heterocycles. The quantitative estimate of drug-likeness (QED) is 0.571. The molecule has 1 saturated heterocycles. The topological polar surface area (TPSA) is 55.3 Å². The Morgan fingerprint density at radius 2 is 1.78 bits per heavy atom. The lowest BCUT2D eigenvalue weighted by molar-refractivity contribution is 0.0509. The van der Waals surface area contributed by atoms with E-state index in [-0.39, 0.29) is 5.41 Å². The first-order valence-electron chi connectivity index (χ1n) is 11.4. The molecule has 6 heteroatoms. The molecule has 0 bridgehead atoms. The van der Waals surface area contributed by atoms with E-state index in [0.29, 0.717) is 0 Å². The number of aryl methyl sites for hydroxylation is 1. The first-order chi connectivity index (χ1) is 15.6. The van der Waals surface area contributed by atoms with E-state index in [1.54, 1.807) is 14.2 Å². The van der Waals surface area contributed by atoms with Crippen LogP contribution in [0, 0.1) is 6.92 Å². The zero-order valence-corrected chi connectivity index (χ0v) is 19.7. The number of ether oxygens (including phenoxy) is 3. The molecule has 1 fully saturated rings. The summed E-state index contributed by atoms with van der Waals surface area (Å²) in [5, 5.41) is 3.72. The van der Waals surface area contributed by atoms with Gasteiger partial charge in [-0.25, -0.2) is 0 Å². The maximum absolute atomic E-state index is 5.72. The predicted octanol–water partition coefficient (Wildman–Crippen LogP) is 3.69. The number of hydrogen-bond acceptors (Lipinski definition) is 4. The number of rotatable bonds is 5. The van der Waals surface area contributed by atoms with Crippen LogP contribution in [0.15, 0.2) is 41.4 Å². The molecule has 0 unspecified atom stereocenters. The van der Waals surface area contributed by atoms with Crippen LogP contribution in [-0.4, -0.2) is 58.4 Å². The third-order valence-electron chi connectivity index (χ3n) is 6.98. The summed E-state index contributed by atoms with van der Waals surface area (Å²) in [4.78, 5) is 6.97. The number of hydrogen-bond donors (Lipinski definition) is 1. The number of methoxy groups -OCH3 is 2. The molecule has 4 rings (SSSR count). The number of guanidine groups is 1. The summed E-state index contributed by atoms with van der Waals surface area (Å²) in [6.07, 6.45) is 2.98. The molecule has 6 nitrogen and oxygen atoms in total. The predicted molar refractivity (Wildman–Crippen MR) is 128 cm³/mol. The zero-order chi connectivity index (χ0) is 22.6. The van der Waals surface area contributed by atoms with Gasteiger partial charge >= 0.3 is 0 Å². The van der Waals surface area contributed by atoms with Crippen LogP contribution in [0.3, 0.4) is 0 Å². The number of benzene rings is 2. The minimum atomic E-state index is 0.0593. The summed E-state index contributed by atoms with van der Waals surface area (Å²) < 4.78 is 16.7. The average Bonchev–Trinajstić information content (AvgIpc) is 2.84. The third-order valence-corrected chi connectivity index (χ3v) is 6.98.